The monoisotopic (exact) mass is 537 g/mol. The zero-order chi connectivity index (χ0) is 28.0. The molecular formula is C29H35N3O5S. The van der Waals surface area contributed by atoms with Gasteiger partial charge in [0, 0.05) is 13.6 Å². The predicted molar refractivity (Wildman–Crippen MR) is 149 cm³/mol. The van der Waals surface area contributed by atoms with Crippen LogP contribution in [0.25, 0.3) is 0 Å². The number of carbonyl (C=O) groups is 2. The highest BCUT2D eigenvalue weighted by Gasteiger charge is 2.32. The SMILES string of the molecule is CNC(=O)[C@H](C)N(Cc1cccc(OC)c1)C(=O)CN(c1cc(C)cc(C)c1)S(=O)(=O)c1ccc(C)cc1. The highest BCUT2D eigenvalue weighted by molar-refractivity contribution is 7.92. The first-order valence-corrected chi connectivity index (χ1v) is 13.7. The first-order valence-electron chi connectivity index (χ1n) is 12.3. The zero-order valence-corrected chi connectivity index (χ0v) is 23.5. The van der Waals surface area contributed by atoms with Crippen LogP contribution in [0.5, 0.6) is 5.75 Å². The van der Waals surface area contributed by atoms with Crippen LogP contribution in [-0.2, 0) is 26.2 Å². The van der Waals surface area contributed by atoms with E-state index in [1.54, 1.807) is 56.5 Å². The number of rotatable bonds is 10. The Labute approximate surface area is 225 Å². The lowest BCUT2D eigenvalue weighted by Gasteiger charge is -2.32. The quantitative estimate of drug-likeness (QED) is 0.422. The molecular weight excluding hydrogens is 502 g/mol. The number of aryl methyl sites for hydroxylation is 3. The molecule has 0 saturated heterocycles. The van der Waals surface area contributed by atoms with Gasteiger partial charge in [-0.25, -0.2) is 8.42 Å². The van der Waals surface area contributed by atoms with Gasteiger partial charge >= 0.3 is 0 Å². The average molecular weight is 538 g/mol. The molecule has 0 fully saturated rings. The molecule has 9 heteroatoms. The van der Waals surface area contributed by atoms with Gasteiger partial charge in [0.2, 0.25) is 11.8 Å². The van der Waals surface area contributed by atoms with Crippen molar-refractivity contribution < 1.29 is 22.7 Å². The maximum atomic E-state index is 13.9. The Morgan fingerprint density at radius 2 is 1.55 bits per heavy atom. The smallest absolute Gasteiger partial charge is 0.264 e. The summed E-state index contributed by atoms with van der Waals surface area (Å²) in [6.07, 6.45) is 0. The lowest BCUT2D eigenvalue weighted by molar-refractivity contribution is -0.139. The van der Waals surface area contributed by atoms with Crippen LogP contribution in [0.15, 0.2) is 71.6 Å². The van der Waals surface area contributed by atoms with E-state index in [1.165, 1.54) is 24.1 Å². The van der Waals surface area contributed by atoms with Crippen LogP contribution in [0.4, 0.5) is 5.69 Å². The zero-order valence-electron chi connectivity index (χ0n) is 22.7. The fraction of sp³-hybridized carbons (Fsp3) is 0.310. The normalized spacial score (nSPS) is 11.9. The minimum atomic E-state index is -4.10. The molecule has 0 unspecified atom stereocenters. The molecule has 3 aromatic carbocycles. The lowest BCUT2D eigenvalue weighted by atomic mass is 10.1. The summed E-state index contributed by atoms with van der Waals surface area (Å²) in [4.78, 5) is 27.9. The van der Waals surface area contributed by atoms with Gasteiger partial charge in [0.05, 0.1) is 17.7 Å². The number of sulfonamides is 1. The van der Waals surface area contributed by atoms with Crippen molar-refractivity contribution in [1.82, 2.24) is 10.2 Å². The molecule has 2 amide bonds. The number of likely N-dealkylation sites (N-methyl/N-ethyl adjacent to an activating group) is 1. The van der Waals surface area contributed by atoms with Gasteiger partial charge in [0.25, 0.3) is 10.0 Å². The molecule has 0 heterocycles. The fourth-order valence-electron chi connectivity index (χ4n) is 4.22. The Bertz CT molecular complexity index is 1380. The van der Waals surface area contributed by atoms with E-state index in [4.69, 9.17) is 4.74 Å². The van der Waals surface area contributed by atoms with Gasteiger partial charge in [-0.2, -0.15) is 0 Å². The second-order valence-corrected chi connectivity index (χ2v) is 11.2. The summed E-state index contributed by atoms with van der Waals surface area (Å²) in [5, 5.41) is 2.58. The molecule has 0 saturated carbocycles. The van der Waals surface area contributed by atoms with E-state index >= 15 is 0 Å². The van der Waals surface area contributed by atoms with Crippen molar-refractivity contribution in [3.05, 3.63) is 89.0 Å². The third kappa shape index (κ3) is 6.72. The third-order valence-corrected chi connectivity index (χ3v) is 8.07. The standard InChI is InChI=1S/C29H35N3O5S/c1-20-10-12-27(13-11-20)38(35,36)32(25-15-21(2)14-22(3)16-25)19-28(33)31(23(4)29(34)30-5)18-24-8-7-9-26(17-24)37-6/h7-17,23H,18-19H2,1-6H3,(H,30,34)/t23-/m0/s1. The number of methoxy groups -OCH3 is 1. The molecule has 0 bridgehead atoms. The Morgan fingerprint density at radius 1 is 0.921 bits per heavy atom. The van der Waals surface area contributed by atoms with Gasteiger partial charge in [0.1, 0.15) is 18.3 Å². The summed E-state index contributed by atoms with van der Waals surface area (Å²) in [6.45, 7) is 6.85. The molecule has 202 valence electrons. The highest BCUT2D eigenvalue weighted by Crippen LogP contribution is 2.27. The van der Waals surface area contributed by atoms with Crippen molar-refractivity contribution >= 4 is 27.5 Å². The minimum absolute atomic E-state index is 0.0776. The third-order valence-electron chi connectivity index (χ3n) is 6.28. The number of ether oxygens (including phenoxy) is 1. The van der Waals surface area contributed by atoms with Crippen LogP contribution in [0, 0.1) is 20.8 Å². The van der Waals surface area contributed by atoms with Crippen LogP contribution in [-0.4, -0.2) is 51.9 Å². The predicted octanol–water partition coefficient (Wildman–Crippen LogP) is 3.98. The maximum absolute atomic E-state index is 13.9. The van der Waals surface area contributed by atoms with Gasteiger partial charge in [-0.1, -0.05) is 35.9 Å². The summed E-state index contributed by atoms with van der Waals surface area (Å²) in [7, 11) is -1.06. The number of nitrogens with zero attached hydrogens (tertiary/aromatic N) is 2. The van der Waals surface area contributed by atoms with Crippen LogP contribution >= 0.6 is 0 Å². The lowest BCUT2D eigenvalue weighted by Crippen LogP contribution is -2.50. The topological polar surface area (TPSA) is 96.0 Å². The molecule has 0 aliphatic carbocycles. The second kappa shape index (κ2) is 12.1. The molecule has 1 atom stereocenters. The summed E-state index contributed by atoms with van der Waals surface area (Å²) < 4.78 is 34.2. The van der Waals surface area contributed by atoms with E-state index in [1.807, 2.05) is 32.9 Å². The molecule has 0 aromatic heterocycles. The van der Waals surface area contributed by atoms with E-state index in [9.17, 15) is 18.0 Å². The largest absolute Gasteiger partial charge is 0.497 e. The molecule has 0 spiro atoms. The Morgan fingerprint density at radius 3 is 2.13 bits per heavy atom. The van der Waals surface area contributed by atoms with Crippen molar-refractivity contribution in [2.45, 2.75) is 45.2 Å². The molecule has 3 rings (SSSR count). The van der Waals surface area contributed by atoms with Crippen LogP contribution in [0.3, 0.4) is 0 Å². The van der Waals surface area contributed by atoms with Crippen molar-refractivity contribution in [2.24, 2.45) is 0 Å². The number of nitrogens with one attached hydrogen (secondary N) is 1. The number of carbonyl (C=O) groups excluding carboxylic acids is 2. The summed E-state index contributed by atoms with van der Waals surface area (Å²) in [6, 6.07) is 18.3. The fourth-order valence-corrected chi connectivity index (χ4v) is 5.62. The van der Waals surface area contributed by atoms with Crippen LogP contribution in [0.2, 0.25) is 0 Å². The Balaban J connectivity index is 2.07. The Hall–Kier alpha value is -3.85. The first kappa shape index (κ1) is 28.7. The van der Waals surface area contributed by atoms with Gasteiger partial charge in [-0.3, -0.25) is 13.9 Å². The van der Waals surface area contributed by atoms with Crippen molar-refractivity contribution in [3.8, 4) is 5.75 Å². The van der Waals surface area contributed by atoms with Crippen molar-refractivity contribution in [3.63, 3.8) is 0 Å². The van der Waals surface area contributed by atoms with E-state index in [0.29, 0.717) is 11.4 Å². The molecule has 38 heavy (non-hydrogen) atoms. The molecule has 0 aliphatic heterocycles. The number of benzene rings is 3. The number of anilines is 1. The van der Waals surface area contributed by atoms with Gasteiger partial charge < -0.3 is 15.0 Å². The van der Waals surface area contributed by atoms with E-state index in [0.717, 1.165) is 26.6 Å². The molecule has 3 aromatic rings. The summed E-state index contributed by atoms with van der Waals surface area (Å²) in [5.74, 6) is -0.263. The van der Waals surface area contributed by atoms with E-state index in [2.05, 4.69) is 5.32 Å². The van der Waals surface area contributed by atoms with E-state index in [-0.39, 0.29) is 17.3 Å². The van der Waals surface area contributed by atoms with Crippen molar-refractivity contribution in [2.75, 3.05) is 25.0 Å². The molecule has 0 aliphatic rings. The molecule has 0 radical (unpaired) electrons. The Kier molecular flexibility index (Phi) is 9.17. The minimum Gasteiger partial charge on any atom is -0.497 e. The highest BCUT2D eigenvalue weighted by atomic mass is 32.2. The average Bonchev–Trinajstić information content (AvgIpc) is 2.89. The summed E-state index contributed by atoms with van der Waals surface area (Å²) >= 11 is 0. The first-order chi connectivity index (χ1) is 18.0. The van der Waals surface area contributed by atoms with Gasteiger partial charge in [0.15, 0.2) is 0 Å². The number of hydrogen-bond acceptors (Lipinski definition) is 5. The van der Waals surface area contributed by atoms with Crippen molar-refractivity contribution in [1.29, 1.82) is 0 Å². The van der Waals surface area contributed by atoms with Gasteiger partial charge in [-0.15, -0.1) is 0 Å². The second-order valence-electron chi connectivity index (χ2n) is 9.33. The maximum Gasteiger partial charge on any atom is 0.264 e. The van der Waals surface area contributed by atoms with Gasteiger partial charge in [-0.05, 0) is 80.8 Å². The number of amides is 2. The molecule has 1 N–H and O–H groups in total. The summed E-state index contributed by atoms with van der Waals surface area (Å²) in [5.41, 5.74) is 3.77. The number of hydrogen-bond donors (Lipinski definition) is 1. The van der Waals surface area contributed by atoms with E-state index < -0.39 is 28.5 Å². The molecule has 8 nitrogen and oxygen atoms in total. The van der Waals surface area contributed by atoms with Crippen LogP contribution in [0.1, 0.15) is 29.2 Å². The van der Waals surface area contributed by atoms with Crippen LogP contribution < -0.4 is 14.4 Å².